The van der Waals surface area contributed by atoms with Crippen LogP contribution in [0.3, 0.4) is 0 Å². The Balaban J connectivity index is 1.33. The maximum absolute atomic E-state index is 12.2. The van der Waals surface area contributed by atoms with Gasteiger partial charge in [-0.15, -0.1) is 0 Å². The van der Waals surface area contributed by atoms with E-state index >= 15 is 0 Å². The number of fused-ring (bicyclic) bond motifs is 1. The van der Waals surface area contributed by atoms with Crippen LogP contribution in [0.2, 0.25) is 0 Å². The van der Waals surface area contributed by atoms with Crippen LogP contribution in [-0.4, -0.2) is 55.2 Å². The first-order chi connectivity index (χ1) is 15.9. The van der Waals surface area contributed by atoms with Crippen molar-refractivity contribution in [2.45, 2.75) is 43.7 Å². The molecule has 172 valence electrons. The summed E-state index contributed by atoms with van der Waals surface area (Å²) in [4.78, 5) is 35.0. The van der Waals surface area contributed by atoms with Gasteiger partial charge in [-0.25, -0.2) is 4.98 Å². The summed E-state index contributed by atoms with van der Waals surface area (Å²) in [6, 6.07) is 2.16. The lowest BCUT2D eigenvalue weighted by Crippen LogP contribution is -2.59. The van der Waals surface area contributed by atoms with Crippen molar-refractivity contribution in [2.24, 2.45) is 23.5 Å². The number of aliphatic hydroxyl groups is 1. The third-order valence-electron chi connectivity index (χ3n) is 7.42. The number of aromatic nitrogens is 4. The molecule has 4 fully saturated rings. The molecule has 0 aromatic carbocycles. The molecule has 3 aromatic rings. The van der Waals surface area contributed by atoms with Crippen LogP contribution in [0.25, 0.3) is 22.5 Å². The number of H-pyrrole nitrogens is 1. The first kappa shape index (κ1) is 20.2. The SMILES string of the molecule is NC(=O)CNC(=O)c1noc(-c2cnc3[nH]ccc3c2NC2C3CC4CC2CC(O)(C4)C3)n1. The average Bonchev–Trinajstić information content (AvgIpc) is 3.43. The highest BCUT2D eigenvalue weighted by Gasteiger charge is 2.54. The molecule has 2 unspecified atom stereocenters. The highest BCUT2D eigenvalue weighted by atomic mass is 16.5. The zero-order chi connectivity index (χ0) is 22.7. The Bertz CT molecular complexity index is 1230. The van der Waals surface area contributed by atoms with E-state index < -0.39 is 17.4 Å². The van der Waals surface area contributed by atoms with E-state index in [0.717, 1.165) is 48.8 Å². The van der Waals surface area contributed by atoms with Gasteiger partial charge in [0.05, 0.1) is 23.4 Å². The van der Waals surface area contributed by atoms with Gasteiger partial charge in [0.25, 0.3) is 17.6 Å². The van der Waals surface area contributed by atoms with Crippen molar-refractivity contribution in [1.82, 2.24) is 25.4 Å². The maximum atomic E-state index is 12.2. The molecular weight excluding hydrogens is 426 g/mol. The summed E-state index contributed by atoms with van der Waals surface area (Å²) >= 11 is 0. The summed E-state index contributed by atoms with van der Waals surface area (Å²) < 4.78 is 5.40. The summed E-state index contributed by atoms with van der Waals surface area (Å²) in [5.74, 6) is 0.0440. The molecule has 2 amide bonds. The van der Waals surface area contributed by atoms with Crippen LogP contribution in [-0.2, 0) is 4.79 Å². The Labute approximate surface area is 188 Å². The molecule has 0 saturated heterocycles. The van der Waals surface area contributed by atoms with Crippen molar-refractivity contribution in [3.63, 3.8) is 0 Å². The Hall–Kier alpha value is -3.47. The molecular formula is C22H25N7O4. The maximum Gasteiger partial charge on any atom is 0.293 e. The second-order valence-corrected chi connectivity index (χ2v) is 9.72. The number of hydrogen-bond donors (Lipinski definition) is 5. The Kier molecular flexibility index (Phi) is 4.44. The van der Waals surface area contributed by atoms with Crippen LogP contribution in [0.1, 0.15) is 42.7 Å². The Morgan fingerprint density at radius 2 is 2.06 bits per heavy atom. The van der Waals surface area contributed by atoms with Gasteiger partial charge in [-0.3, -0.25) is 9.59 Å². The van der Waals surface area contributed by atoms with Crippen LogP contribution < -0.4 is 16.4 Å². The number of nitrogens with zero attached hydrogens (tertiary/aromatic N) is 3. The number of nitrogens with one attached hydrogen (secondary N) is 3. The number of hydrogen-bond acceptors (Lipinski definition) is 8. The summed E-state index contributed by atoms with van der Waals surface area (Å²) in [7, 11) is 0. The second kappa shape index (κ2) is 7.27. The molecule has 7 rings (SSSR count). The standard InChI is InChI=1S/C22H25N7O4/c23-15(30)9-26-20(31)19-28-21(33-29-19)14-8-25-18-13(1-2-24-18)17(14)27-16-11-3-10-4-12(16)7-22(32,5-10)6-11/h1-2,8,10-12,16,32H,3-7,9H2,(H2,23,30)(H,26,31)(H2,24,25,27). The van der Waals surface area contributed by atoms with E-state index in [1.165, 1.54) is 0 Å². The van der Waals surface area contributed by atoms with Crippen LogP contribution in [0.4, 0.5) is 5.69 Å². The highest BCUT2D eigenvalue weighted by Crippen LogP contribution is 2.56. The molecule has 4 saturated carbocycles. The van der Waals surface area contributed by atoms with Crippen molar-refractivity contribution < 1.29 is 19.2 Å². The van der Waals surface area contributed by atoms with Gasteiger partial charge in [-0.1, -0.05) is 5.16 Å². The molecule has 33 heavy (non-hydrogen) atoms. The first-order valence-electron chi connectivity index (χ1n) is 11.2. The summed E-state index contributed by atoms with van der Waals surface area (Å²) in [5.41, 5.74) is 6.69. The average molecular weight is 451 g/mol. The number of amides is 2. The first-order valence-corrected chi connectivity index (χ1v) is 11.2. The van der Waals surface area contributed by atoms with Crippen LogP contribution in [0.5, 0.6) is 0 Å². The highest BCUT2D eigenvalue weighted by molar-refractivity contribution is 5.98. The molecule has 0 radical (unpaired) electrons. The molecule has 0 spiro atoms. The molecule has 3 heterocycles. The molecule has 0 aliphatic heterocycles. The van der Waals surface area contributed by atoms with Crippen LogP contribution in [0.15, 0.2) is 23.0 Å². The van der Waals surface area contributed by atoms with Gasteiger partial charge in [-0.2, -0.15) is 4.98 Å². The van der Waals surface area contributed by atoms with E-state index in [4.69, 9.17) is 10.3 Å². The summed E-state index contributed by atoms with van der Waals surface area (Å²) in [6.45, 7) is -0.315. The lowest BCUT2D eigenvalue weighted by Gasteiger charge is -2.58. The smallest absolute Gasteiger partial charge is 0.293 e. The number of pyridine rings is 1. The number of primary amides is 1. The quantitative estimate of drug-likeness (QED) is 0.372. The zero-order valence-electron chi connectivity index (χ0n) is 17.9. The molecule has 3 aromatic heterocycles. The molecule has 4 aliphatic rings. The number of aromatic amines is 1. The predicted octanol–water partition coefficient (Wildman–Crippen LogP) is 1.18. The topological polar surface area (TPSA) is 172 Å². The predicted molar refractivity (Wildman–Crippen MR) is 117 cm³/mol. The van der Waals surface area contributed by atoms with Crippen molar-refractivity contribution in [1.29, 1.82) is 0 Å². The van der Waals surface area contributed by atoms with Gasteiger partial charge in [0.2, 0.25) is 5.91 Å². The Morgan fingerprint density at radius 3 is 2.79 bits per heavy atom. The van der Waals surface area contributed by atoms with Crippen LogP contribution in [0, 0.1) is 17.8 Å². The fourth-order valence-electron chi connectivity index (χ4n) is 6.38. The minimum atomic E-state index is -0.666. The van der Waals surface area contributed by atoms with Gasteiger partial charge in [0.1, 0.15) is 5.65 Å². The minimum Gasteiger partial charge on any atom is -0.390 e. The molecule has 4 aliphatic carbocycles. The van der Waals surface area contributed by atoms with Gasteiger partial charge < -0.3 is 31.0 Å². The third-order valence-corrected chi connectivity index (χ3v) is 7.42. The largest absolute Gasteiger partial charge is 0.390 e. The zero-order valence-corrected chi connectivity index (χ0v) is 17.9. The fourth-order valence-corrected chi connectivity index (χ4v) is 6.38. The molecule has 6 N–H and O–H groups in total. The van der Waals surface area contributed by atoms with Crippen molar-refractivity contribution in [3.8, 4) is 11.5 Å². The molecule has 11 heteroatoms. The minimum absolute atomic E-state index is 0.153. The van der Waals surface area contributed by atoms with Crippen molar-refractivity contribution in [2.75, 3.05) is 11.9 Å². The van der Waals surface area contributed by atoms with Gasteiger partial charge in [0.15, 0.2) is 0 Å². The van der Waals surface area contributed by atoms with Crippen molar-refractivity contribution >= 4 is 28.5 Å². The van der Waals surface area contributed by atoms with Crippen molar-refractivity contribution in [3.05, 3.63) is 24.3 Å². The van der Waals surface area contributed by atoms with E-state index in [1.807, 2.05) is 12.3 Å². The van der Waals surface area contributed by atoms with E-state index in [1.54, 1.807) is 6.20 Å². The van der Waals surface area contributed by atoms with E-state index in [9.17, 15) is 14.7 Å². The monoisotopic (exact) mass is 451 g/mol. The van der Waals surface area contributed by atoms with Crippen LogP contribution >= 0.6 is 0 Å². The Morgan fingerprint density at radius 1 is 1.27 bits per heavy atom. The lowest BCUT2D eigenvalue weighted by atomic mass is 9.52. The van der Waals surface area contributed by atoms with Gasteiger partial charge in [-0.05, 0) is 55.9 Å². The lowest BCUT2D eigenvalue weighted by molar-refractivity contribution is -0.129. The number of nitrogens with two attached hydrogens (primary N) is 1. The van der Waals surface area contributed by atoms with Gasteiger partial charge in [0, 0.05) is 23.8 Å². The van der Waals surface area contributed by atoms with E-state index in [-0.39, 0.29) is 24.3 Å². The molecule has 2 atom stereocenters. The fraction of sp³-hybridized carbons (Fsp3) is 0.500. The number of carbonyl (C=O) groups excluding carboxylic acids is 2. The normalized spacial score (nSPS) is 30.0. The van der Waals surface area contributed by atoms with E-state index in [0.29, 0.717) is 23.3 Å². The summed E-state index contributed by atoms with van der Waals surface area (Å²) in [6.07, 6.45) is 8.28. The van der Waals surface area contributed by atoms with E-state index in [2.05, 4.69) is 30.7 Å². The van der Waals surface area contributed by atoms with Gasteiger partial charge >= 0.3 is 0 Å². The molecule has 4 bridgehead atoms. The third kappa shape index (κ3) is 3.43. The number of rotatable bonds is 6. The summed E-state index contributed by atoms with van der Waals surface area (Å²) in [5, 5.41) is 21.7. The number of anilines is 1. The number of carbonyl (C=O) groups is 2. The second-order valence-electron chi connectivity index (χ2n) is 9.72. The molecule has 11 nitrogen and oxygen atoms in total.